The van der Waals surface area contributed by atoms with Crippen molar-refractivity contribution >= 4 is 34.5 Å². The zero-order valence-electron chi connectivity index (χ0n) is 19.8. The van der Waals surface area contributed by atoms with Gasteiger partial charge in [0.25, 0.3) is 11.3 Å². The molecule has 1 aromatic carbocycles. The second-order valence-corrected chi connectivity index (χ2v) is 9.23. The van der Waals surface area contributed by atoms with Crippen LogP contribution >= 0.6 is 0 Å². The van der Waals surface area contributed by atoms with Crippen LogP contribution in [-0.2, 0) is 19.9 Å². The van der Waals surface area contributed by atoms with E-state index in [-0.39, 0.29) is 47.7 Å². The van der Waals surface area contributed by atoms with Gasteiger partial charge in [-0.15, -0.1) is 0 Å². The van der Waals surface area contributed by atoms with Crippen molar-refractivity contribution < 1.29 is 23.3 Å². The molecule has 3 amide bonds. The van der Waals surface area contributed by atoms with E-state index in [1.54, 1.807) is 37.8 Å². The van der Waals surface area contributed by atoms with Crippen LogP contribution in [0.15, 0.2) is 45.8 Å². The number of fused-ring (bicyclic) bond motifs is 1. The molecule has 11 heteroatoms. The van der Waals surface area contributed by atoms with Gasteiger partial charge in [0.2, 0.25) is 5.91 Å². The van der Waals surface area contributed by atoms with Gasteiger partial charge in [-0.1, -0.05) is 26.0 Å². The number of aromatic amines is 1. The molecule has 0 spiro atoms. The lowest BCUT2D eigenvalue weighted by atomic mass is 9.85. The van der Waals surface area contributed by atoms with Crippen LogP contribution in [-0.4, -0.2) is 56.8 Å². The average molecular weight is 484 g/mol. The van der Waals surface area contributed by atoms with Crippen LogP contribution < -0.4 is 10.9 Å². The number of pyridine rings is 1. The Kier molecular flexibility index (Phi) is 6.18. The van der Waals surface area contributed by atoms with Crippen molar-refractivity contribution in [3.63, 3.8) is 0 Å². The molecule has 35 heavy (non-hydrogen) atoms. The summed E-state index contributed by atoms with van der Waals surface area (Å²) in [4.78, 5) is 58.2. The summed E-state index contributed by atoms with van der Waals surface area (Å²) < 4.78 is 18.5. The number of nitrogens with one attached hydrogen (secondary N) is 2. The zero-order valence-corrected chi connectivity index (χ0v) is 19.8. The van der Waals surface area contributed by atoms with E-state index in [0.717, 1.165) is 0 Å². The molecule has 0 aliphatic carbocycles. The quantitative estimate of drug-likeness (QED) is 0.550. The minimum Gasteiger partial charge on any atom is -0.358 e. The Morgan fingerprint density at radius 3 is 2.60 bits per heavy atom. The molecule has 0 radical (unpaired) electrons. The van der Waals surface area contributed by atoms with Crippen LogP contribution in [0.3, 0.4) is 0 Å². The first-order valence-electron chi connectivity index (χ1n) is 11.2. The van der Waals surface area contributed by atoms with Crippen LogP contribution in [0, 0.1) is 11.7 Å². The van der Waals surface area contributed by atoms with Crippen LogP contribution in [0.25, 0.3) is 11.1 Å². The van der Waals surface area contributed by atoms with Gasteiger partial charge >= 0.3 is 11.8 Å². The maximum Gasteiger partial charge on any atom is 0.313 e. The summed E-state index contributed by atoms with van der Waals surface area (Å²) in [5.41, 5.74) is -0.806. The minimum absolute atomic E-state index is 0.0722. The number of H-pyrrole nitrogens is 1. The molecule has 1 saturated heterocycles. The molecule has 2 aromatic heterocycles. The van der Waals surface area contributed by atoms with Gasteiger partial charge in [0.15, 0.2) is 0 Å². The topological polar surface area (TPSA) is 129 Å². The van der Waals surface area contributed by atoms with Gasteiger partial charge in [-0.2, -0.15) is 5.16 Å². The van der Waals surface area contributed by atoms with E-state index in [9.17, 15) is 23.6 Å². The van der Waals surface area contributed by atoms with Gasteiger partial charge in [-0.05, 0) is 37.6 Å². The number of halogens is 1. The summed E-state index contributed by atoms with van der Waals surface area (Å²) in [6.45, 7) is 7.38. The second kappa shape index (κ2) is 8.97. The van der Waals surface area contributed by atoms with Crippen molar-refractivity contribution in [3.8, 4) is 0 Å². The molecule has 0 saturated carbocycles. The number of amides is 3. The smallest absolute Gasteiger partial charge is 0.313 e. The first-order valence-corrected chi connectivity index (χ1v) is 11.2. The Morgan fingerprint density at radius 2 is 1.94 bits per heavy atom. The number of nitrogens with zero attached hydrogens (tertiary/aromatic N) is 3. The van der Waals surface area contributed by atoms with Gasteiger partial charge in [-0.25, -0.2) is 9.37 Å². The van der Waals surface area contributed by atoms with E-state index < -0.39 is 28.7 Å². The third-order valence-electron chi connectivity index (χ3n) is 6.33. The molecule has 4 rings (SSSR count). The van der Waals surface area contributed by atoms with Crippen molar-refractivity contribution in [2.45, 2.75) is 39.3 Å². The van der Waals surface area contributed by atoms with Crippen molar-refractivity contribution in [1.29, 1.82) is 0 Å². The lowest BCUT2D eigenvalue weighted by Crippen LogP contribution is -2.66. The fourth-order valence-electron chi connectivity index (χ4n) is 4.35. The first kappa shape index (κ1) is 24.1. The Hall–Kier alpha value is -4.02. The van der Waals surface area contributed by atoms with E-state index in [2.05, 4.69) is 15.5 Å². The van der Waals surface area contributed by atoms with E-state index in [1.165, 1.54) is 29.3 Å². The number of hydrogen-bond donors (Lipinski definition) is 2. The monoisotopic (exact) mass is 483 g/mol. The highest BCUT2D eigenvalue weighted by molar-refractivity contribution is 6.39. The number of hydrogen-bond acceptors (Lipinski definition) is 6. The third kappa shape index (κ3) is 4.41. The average Bonchev–Trinajstić information content (AvgIpc) is 3.19. The largest absolute Gasteiger partial charge is 0.358 e. The molecule has 1 aliphatic heterocycles. The number of carbonyl (C=O) groups is 3. The first-order chi connectivity index (χ1) is 16.5. The van der Waals surface area contributed by atoms with Gasteiger partial charge < -0.3 is 19.6 Å². The molecule has 1 fully saturated rings. The Labute approximate surface area is 200 Å². The number of rotatable bonds is 3. The van der Waals surface area contributed by atoms with E-state index >= 15 is 0 Å². The maximum absolute atomic E-state index is 13.6. The van der Waals surface area contributed by atoms with Crippen LogP contribution in [0.4, 0.5) is 10.1 Å². The van der Waals surface area contributed by atoms with Gasteiger partial charge in [0.1, 0.15) is 11.2 Å². The number of piperazine rings is 1. The highest BCUT2D eigenvalue weighted by Gasteiger charge is 2.47. The number of aromatic nitrogens is 2. The van der Waals surface area contributed by atoms with Crippen molar-refractivity contribution in [1.82, 2.24) is 19.9 Å². The Morgan fingerprint density at radius 1 is 1.26 bits per heavy atom. The highest BCUT2D eigenvalue weighted by atomic mass is 19.1. The number of carbonyl (C=O) groups excluding carboxylic acids is 3. The van der Waals surface area contributed by atoms with Gasteiger partial charge in [-0.3, -0.25) is 19.2 Å². The molecule has 2 atom stereocenters. The van der Waals surface area contributed by atoms with Crippen molar-refractivity contribution in [2.24, 2.45) is 5.92 Å². The Balaban J connectivity index is 1.66. The highest BCUT2D eigenvalue weighted by Crippen LogP contribution is 2.35. The summed E-state index contributed by atoms with van der Waals surface area (Å²) in [6, 6.07) is 6.66. The Bertz CT molecular complexity index is 1350. The van der Waals surface area contributed by atoms with Gasteiger partial charge in [0, 0.05) is 25.0 Å². The van der Waals surface area contributed by atoms with E-state index in [0.29, 0.717) is 5.56 Å². The molecular formula is C24H26FN5O5. The van der Waals surface area contributed by atoms with Crippen LogP contribution in [0.1, 0.15) is 33.3 Å². The summed E-state index contributed by atoms with van der Waals surface area (Å²) >= 11 is 0. The standard InChI is InChI=1S/C24H26FN5O5/c1-13(2)22(33)29-12-24(4,15-5-7-16(25)8-6-15)30(11-14(29)3)23(34)20(32)27-17-9-18-19(31)28-35-21(18)26-10-17/h5-10,13-14H,11-12H2,1-4H3,(H,27,32)(H,28,31)/t14-,24+/m1/s1. The van der Waals surface area contributed by atoms with Crippen LogP contribution in [0.5, 0.6) is 0 Å². The minimum atomic E-state index is -1.09. The molecule has 184 valence electrons. The summed E-state index contributed by atoms with van der Waals surface area (Å²) in [7, 11) is 0. The molecule has 1 aliphatic rings. The van der Waals surface area contributed by atoms with Crippen molar-refractivity contribution in [2.75, 3.05) is 18.4 Å². The van der Waals surface area contributed by atoms with E-state index in [1.807, 2.05) is 6.92 Å². The van der Waals surface area contributed by atoms with Crippen molar-refractivity contribution in [3.05, 3.63) is 58.3 Å². The summed E-state index contributed by atoms with van der Waals surface area (Å²) in [5.74, 6) is -2.54. The zero-order chi connectivity index (χ0) is 25.5. The predicted octanol–water partition coefficient (Wildman–Crippen LogP) is 2.22. The molecular weight excluding hydrogens is 457 g/mol. The maximum atomic E-state index is 13.6. The third-order valence-corrected chi connectivity index (χ3v) is 6.33. The molecule has 3 aromatic rings. The SMILES string of the molecule is CC(C)C(=O)N1C[C@@](C)(c2ccc(F)cc2)N(C(=O)C(=O)Nc2cnc3o[nH]c(=O)c3c2)C[C@H]1C. The van der Waals surface area contributed by atoms with Gasteiger partial charge in [0.05, 0.1) is 17.4 Å². The number of anilines is 1. The lowest BCUT2D eigenvalue weighted by molar-refractivity contribution is -0.158. The summed E-state index contributed by atoms with van der Waals surface area (Å²) in [5, 5.41) is 4.76. The fourth-order valence-corrected chi connectivity index (χ4v) is 4.35. The molecule has 0 bridgehead atoms. The fraction of sp³-hybridized carbons (Fsp3) is 0.375. The van der Waals surface area contributed by atoms with Crippen LogP contribution in [0.2, 0.25) is 0 Å². The summed E-state index contributed by atoms with van der Waals surface area (Å²) in [6.07, 6.45) is 1.27. The molecule has 3 heterocycles. The number of benzene rings is 1. The second-order valence-electron chi connectivity index (χ2n) is 9.23. The predicted molar refractivity (Wildman–Crippen MR) is 125 cm³/mol. The molecule has 10 nitrogen and oxygen atoms in total. The van der Waals surface area contributed by atoms with E-state index in [4.69, 9.17) is 4.52 Å². The molecule has 2 N–H and O–H groups in total. The normalized spacial score (nSPS) is 20.3. The lowest BCUT2D eigenvalue weighted by Gasteiger charge is -2.52. The molecule has 0 unspecified atom stereocenters.